The van der Waals surface area contributed by atoms with Gasteiger partial charge in [0.25, 0.3) is 0 Å². The monoisotopic (exact) mass is 340 g/mol. The number of amides is 1. The number of nitrogens with one attached hydrogen (secondary N) is 1. The zero-order valence-electron chi connectivity index (χ0n) is 14.2. The third-order valence-electron chi connectivity index (χ3n) is 4.15. The van der Waals surface area contributed by atoms with E-state index < -0.39 is 5.76 Å². The lowest BCUT2D eigenvalue weighted by molar-refractivity contribution is -0.121. The Balaban J connectivity index is 1.54. The molecule has 25 heavy (non-hydrogen) atoms. The second-order valence-corrected chi connectivity index (χ2v) is 5.85. The number of rotatable bonds is 6. The molecule has 0 aliphatic rings. The number of ether oxygens (including phenoxy) is 1. The average molecular weight is 340 g/mol. The molecule has 0 radical (unpaired) electrons. The van der Waals surface area contributed by atoms with Crippen LogP contribution in [-0.4, -0.2) is 17.6 Å². The number of hydrogen-bond donors (Lipinski definition) is 1. The Morgan fingerprint density at radius 3 is 2.60 bits per heavy atom. The normalized spacial score (nSPS) is 10.8. The van der Waals surface area contributed by atoms with Gasteiger partial charge < -0.3 is 14.5 Å². The molecule has 0 aliphatic carbocycles. The minimum absolute atomic E-state index is 0.0228. The van der Waals surface area contributed by atoms with Gasteiger partial charge in [0.15, 0.2) is 5.58 Å². The van der Waals surface area contributed by atoms with Gasteiger partial charge >= 0.3 is 5.76 Å². The third kappa shape index (κ3) is 3.91. The molecule has 0 fully saturated rings. The smallest absolute Gasteiger partial charge is 0.419 e. The molecule has 1 amide bonds. The van der Waals surface area contributed by atoms with Gasteiger partial charge in [-0.25, -0.2) is 4.79 Å². The molecule has 1 N–H and O–H groups in total. The largest absolute Gasteiger partial charge is 0.497 e. The number of nitrogens with zero attached hydrogens (tertiary/aromatic N) is 1. The SMILES string of the molecule is COc1ccc(CCC(=O)NCc2ccc3c(c2)oc(=O)n3C)cc1. The van der Waals surface area contributed by atoms with Crippen molar-refractivity contribution < 1.29 is 13.9 Å². The molecular formula is C19H20N2O4. The van der Waals surface area contributed by atoms with Crippen molar-refractivity contribution in [3.8, 4) is 5.75 Å². The predicted octanol–water partition coefficient (Wildman–Crippen LogP) is 2.39. The van der Waals surface area contributed by atoms with Crippen molar-refractivity contribution in [1.29, 1.82) is 0 Å². The van der Waals surface area contributed by atoms with Crippen LogP contribution in [0.5, 0.6) is 5.75 Å². The Hall–Kier alpha value is -3.02. The molecule has 0 atom stereocenters. The molecule has 3 rings (SSSR count). The summed E-state index contributed by atoms with van der Waals surface area (Å²) in [5.74, 6) is 0.386. The first-order valence-corrected chi connectivity index (χ1v) is 8.05. The first-order chi connectivity index (χ1) is 12.1. The Bertz CT molecular complexity index is 938. The molecule has 0 unspecified atom stereocenters. The van der Waals surface area contributed by atoms with Gasteiger partial charge in [-0.05, 0) is 41.8 Å². The number of hydrogen-bond acceptors (Lipinski definition) is 4. The Morgan fingerprint density at radius 1 is 1.16 bits per heavy atom. The topological polar surface area (TPSA) is 73.5 Å². The Kier molecular flexibility index (Phi) is 4.88. The summed E-state index contributed by atoms with van der Waals surface area (Å²) < 4.78 is 11.7. The van der Waals surface area contributed by atoms with Crippen molar-refractivity contribution in [3.63, 3.8) is 0 Å². The summed E-state index contributed by atoms with van der Waals surface area (Å²) in [5.41, 5.74) is 3.24. The lowest BCUT2D eigenvalue weighted by atomic mass is 10.1. The van der Waals surface area contributed by atoms with E-state index in [0.29, 0.717) is 25.0 Å². The summed E-state index contributed by atoms with van der Waals surface area (Å²) in [6.07, 6.45) is 1.08. The molecule has 1 aromatic heterocycles. The number of carbonyl (C=O) groups excluding carboxylic acids is 1. The van der Waals surface area contributed by atoms with Gasteiger partial charge in [0.1, 0.15) is 5.75 Å². The minimum Gasteiger partial charge on any atom is -0.497 e. The number of benzene rings is 2. The lowest BCUT2D eigenvalue weighted by Gasteiger charge is -2.06. The molecule has 3 aromatic rings. The van der Waals surface area contributed by atoms with Crippen LogP contribution in [0.3, 0.4) is 0 Å². The average Bonchev–Trinajstić information content (AvgIpc) is 2.92. The lowest BCUT2D eigenvalue weighted by Crippen LogP contribution is -2.22. The van der Waals surface area contributed by atoms with Crippen molar-refractivity contribution in [1.82, 2.24) is 9.88 Å². The van der Waals surface area contributed by atoms with Gasteiger partial charge in [-0.1, -0.05) is 18.2 Å². The van der Waals surface area contributed by atoms with Crippen LogP contribution < -0.4 is 15.8 Å². The van der Waals surface area contributed by atoms with Gasteiger partial charge in [0.05, 0.1) is 12.6 Å². The molecule has 0 saturated carbocycles. The molecule has 6 heteroatoms. The van der Waals surface area contributed by atoms with E-state index in [-0.39, 0.29) is 5.91 Å². The van der Waals surface area contributed by atoms with Crippen LogP contribution in [0, 0.1) is 0 Å². The van der Waals surface area contributed by atoms with E-state index in [0.717, 1.165) is 22.4 Å². The minimum atomic E-state index is -0.393. The van der Waals surface area contributed by atoms with E-state index >= 15 is 0 Å². The van der Waals surface area contributed by atoms with Crippen LogP contribution in [0.1, 0.15) is 17.5 Å². The van der Waals surface area contributed by atoms with Crippen LogP contribution in [0.2, 0.25) is 0 Å². The van der Waals surface area contributed by atoms with Crippen molar-refractivity contribution in [2.24, 2.45) is 7.05 Å². The summed E-state index contributed by atoms with van der Waals surface area (Å²) in [4.78, 5) is 23.5. The van der Waals surface area contributed by atoms with E-state index in [1.165, 1.54) is 4.57 Å². The van der Waals surface area contributed by atoms with Crippen LogP contribution in [0.15, 0.2) is 51.7 Å². The van der Waals surface area contributed by atoms with Gasteiger partial charge in [-0.2, -0.15) is 0 Å². The van der Waals surface area contributed by atoms with Gasteiger partial charge in [0.2, 0.25) is 5.91 Å². The highest BCUT2D eigenvalue weighted by atomic mass is 16.5. The highest BCUT2D eigenvalue weighted by Crippen LogP contribution is 2.15. The Labute approximate surface area is 145 Å². The van der Waals surface area contributed by atoms with Crippen molar-refractivity contribution >= 4 is 17.0 Å². The van der Waals surface area contributed by atoms with Crippen molar-refractivity contribution in [2.45, 2.75) is 19.4 Å². The van der Waals surface area contributed by atoms with Crippen LogP contribution in [0.4, 0.5) is 0 Å². The molecule has 0 aliphatic heterocycles. The molecule has 1 heterocycles. The fourth-order valence-electron chi connectivity index (χ4n) is 2.63. The van der Waals surface area contributed by atoms with Gasteiger partial charge in [-0.3, -0.25) is 9.36 Å². The van der Waals surface area contributed by atoms with Crippen LogP contribution >= 0.6 is 0 Å². The maximum Gasteiger partial charge on any atom is 0.419 e. The zero-order chi connectivity index (χ0) is 17.8. The fourth-order valence-corrected chi connectivity index (χ4v) is 2.63. The second-order valence-electron chi connectivity index (χ2n) is 5.85. The van der Waals surface area contributed by atoms with E-state index in [1.807, 2.05) is 36.4 Å². The van der Waals surface area contributed by atoms with Crippen LogP contribution in [-0.2, 0) is 24.8 Å². The fraction of sp³-hybridized carbons (Fsp3) is 0.263. The molecular weight excluding hydrogens is 320 g/mol. The van der Waals surface area contributed by atoms with Crippen molar-refractivity contribution in [2.75, 3.05) is 7.11 Å². The summed E-state index contributed by atoms with van der Waals surface area (Å²) in [6.45, 7) is 0.399. The summed E-state index contributed by atoms with van der Waals surface area (Å²) in [5, 5.41) is 2.89. The van der Waals surface area contributed by atoms with E-state index in [4.69, 9.17) is 9.15 Å². The third-order valence-corrected chi connectivity index (χ3v) is 4.15. The van der Waals surface area contributed by atoms with E-state index in [9.17, 15) is 9.59 Å². The summed E-state index contributed by atoms with van der Waals surface area (Å²) >= 11 is 0. The molecule has 0 bridgehead atoms. The number of carbonyl (C=O) groups is 1. The second kappa shape index (κ2) is 7.25. The van der Waals surface area contributed by atoms with E-state index in [1.54, 1.807) is 20.2 Å². The highest BCUT2D eigenvalue weighted by molar-refractivity contribution is 5.77. The summed E-state index contributed by atoms with van der Waals surface area (Å²) in [6, 6.07) is 13.2. The maximum atomic E-state index is 12.0. The van der Waals surface area contributed by atoms with E-state index in [2.05, 4.69) is 5.32 Å². The first kappa shape index (κ1) is 16.8. The quantitative estimate of drug-likeness (QED) is 0.748. The number of methoxy groups -OCH3 is 1. The molecule has 6 nitrogen and oxygen atoms in total. The zero-order valence-corrected chi connectivity index (χ0v) is 14.2. The van der Waals surface area contributed by atoms with Crippen LogP contribution in [0.25, 0.3) is 11.1 Å². The summed E-state index contributed by atoms with van der Waals surface area (Å²) in [7, 11) is 3.29. The molecule has 0 saturated heterocycles. The van der Waals surface area contributed by atoms with Crippen molar-refractivity contribution in [3.05, 3.63) is 64.1 Å². The molecule has 2 aromatic carbocycles. The maximum absolute atomic E-state index is 12.0. The standard InChI is InChI=1S/C19H20N2O4/c1-21-16-9-5-14(11-17(16)25-19(21)23)12-20-18(22)10-6-13-3-7-15(24-2)8-4-13/h3-5,7-9,11H,6,10,12H2,1-2H3,(H,20,22). The number of fused-ring (bicyclic) bond motifs is 1. The highest BCUT2D eigenvalue weighted by Gasteiger charge is 2.07. The Morgan fingerprint density at radius 2 is 1.88 bits per heavy atom. The number of aryl methyl sites for hydroxylation is 2. The van der Waals surface area contributed by atoms with Gasteiger partial charge in [0, 0.05) is 20.0 Å². The predicted molar refractivity (Wildman–Crippen MR) is 94.6 cm³/mol. The molecule has 130 valence electrons. The van der Waals surface area contributed by atoms with Gasteiger partial charge in [-0.15, -0.1) is 0 Å². The number of oxazole rings is 1. The molecule has 0 spiro atoms. The first-order valence-electron chi connectivity index (χ1n) is 8.05. The number of aromatic nitrogens is 1.